The topological polar surface area (TPSA) is 51.4 Å². The molecule has 2 rings (SSSR count). The summed E-state index contributed by atoms with van der Waals surface area (Å²) in [6.07, 6.45) is 0.507. The van der Waals surface area contributed by atoms with Crippen LogP contribution in [0.1, 0.15) is 58.3 Å². The standard InChI is InChI=1S/C13H23N3O2/c1-8(2)12-14-13(18-15-12)11(5)16-6-9(3)17-10(4)7-16/h8-11H,6-7H2,1-5H3/t9-,10+,11-/m0/s1. The summed E-state index contributed by atoms with van der Waals surface area (Å²) in [6, 6.07) is 0.152. The van der Waals surface area contributed by atoms with Crippen molar-refractivity contribution in [3.8, 4) is 0 Å². The summed E-state index contributed by atoms with van der Waals surface area (Å²) in [7, 11) is 0. The van der Waals surface area contributed by atoms with Gasteiger partial charge in [0.1, 0.15) is 0 Å². The van der Waals surface area contributed by atoms with Gasteiger partial charge < -0.3 is 9.26 Å². The molecule has 0 unspecified atom stereocenters. The lowest BCUT2D eigenvalue weighted by Gasteiger charge is -2.37. The monoisotopic (exact) mass is 253 g/mol. The average molecular weight is 253 g/mol. The van der Waals surface area contributed by atoms with E-state index >= 15 is 0 Å². The Morgan fingerprint density at radius 3 is 2.28 bits per heavy atom. The molecule has 0 radical (unpaired) electrons. The molecule has 0 spiro atoms. The first kappa shape index (κ1) is 13.5. The molecule has 0 aromatic carbocycles. The molecule has 1 aromatic heterocycles. The molecular formula is C13H23N3O2. The van der Waals surface area contributed by atoms with Crippen LogP contribution in [0, 0.1) is 0 Å². The Balaban J connectivity index is 2.07. The fourth-order valence-corrected chi connectivity index (χ4v) is 2.34. The molecule has 102 valence electrons. The zero-order chi connectivity index (χ0) is 13.3. The van der Waals surface area contributed by atoms with Crippen molar-refractivity contribution in [3.05, 3.63) is 11.7 Å². The zero-order valence-electron chi connectivity index (χ0n) is 11.9. The van der Waals surface area contributed by atoms with E-state index in [1.165, 1.54) is 0 Å². The van der Waals surface area contributed by atoms with Crippen molar-refractivity contribution in [2.45, 2.75) is 58.8 Å². The molecule has 5 nitrogen and oxygen atoms in total. The lowest BCUT2D eigenvalue weighted by molar-refractivity contribution is -0.0818. The van der Waals surface area contributed by atoms with E-state index in [-0.39, 0.29) is 18.2 Å². The molecule has 1 fully saturated rings. The number of morpholine rings is 1. The maximum absolute atomic E-state index is 5.74. The van der Waals surface area contributed by atoms with E-state index in [0.717, 1.165) is 18.9 Å². The Hall–Kier alpha value is -0.940. The van der Waals surface area contributed by atoms with E-state index in [1.807, 2.05) is 0 Å². The van der Waals surface area contributed by atoms with E-state index < -0.39 is 0 Å². The van der Waals surface area contributed by atoms with Crippen molar-refractivity contribution < 1.29 is 9.26 Å². The second kappa shape index (κ2) is 5.36. The first-order valence-electron chi connectivity index (χ1n) is 6.70. The van der Waals surface area contributed by atoms with Gasteiger partial charge in [-0.15, -0.1) is 0 Å². The molecule has 1 saturated heterocycles. The third-order valence-electron chi connectivity index (χ3n) is 3.33. The molecule has 0 N–H and O–H groups in total. The third-order valence-corrected chi connectivity index (χ3v) is 3.33. The van der Waals surface area contributed by atoms with E-state index in [0.29, 0.717) is 11.8 Å². The molecule has 1 aliphatic rings. The summed E-state index contributed by atoms with van der Waals surface area (Å²) in [6.45, 7) is 12.3. The summed E-state index contributed by atoms with van der Waals surface area (Å²) in [5.74, 6) is 1.79. The number of hydrogen-bond acceptors (Lipinski definition) is 5. The Kier molecular flexibility index (Phi) is 4.02. The fourth-order valence-electron chi connectivity index (χ4n) is 2.34. The van der Waals surface area contributed by atoms with Gasteiger partial charge in [0.25, 0.3) is 0 Å². The van der Waals surface area contributed by atoms with Crippen molar-refractivity contribution >= 4 is 0 Å². The van der Waals surface area contributed by atoms with Crippen LogP contribution in [-0.2, 0) is 4.74 Å². The number of rotatable bonds is 3. The van der Waals surface area contributed by atoms with Crippen molar-refractivity contribution in [1.82, 2.24) is 15.0 Å². The normalized spacial score (nSPS) is 27.7. The van der Waals surface area contributed by atoms with Crippen LogP contribution in [-0.4, -0.2) is 40.3 Å². The van der Waals surface area contributed by atoms with Gasteiger partial charge in [-0.3, -0.25) is 4.90 Å². The van der Waals surface area contributed by atoms with Gasteiger partial charge in [-0.05, 0) is 20.8 Å². The van der Waals surface area contributed by atoms with Crippen molar-refractivity contribution in [2.75, 3.05) is 13.1 Å². The summed E-state index contributed by atoms with van der Waals surface area (Å²) in [5.41, 5.74) is 0. The van der Waals surface area contributed by atoms with E-state index in [2.05, 4.69) is 49.7 Å². The maximum Gasteiger partial charge on any atom is 0.243 e. The van der Waals surface area contributed by atoms with E-state index in [1.54, 1.807) is 0 Å². The van der Waals surface area contributed by atoms with E-state index in [9.17, 15) is 0 Å². The first-order chi connectivity index (χ1) is 8.47. The summed E-state index contributed by atoms with van der Waals surface area (Å²) >= 11 is 0. The molecule has 0 saturated carbocycles. The van der Waals surface area contributed by atoms with Crippen LogP contribution in [0.4, 0.5) is 0 Å². The highest BCUT2D eigenvalue weighted by Gasteiger charge is 2.29. The number of nitrogens with zero attached hydrogens (tertiary/aromatic N) is 3. The van der Waals surface area contributed by atoms with Gasteiger partial charge in [-0.1, -0.05) is 19.0 Å². The minimum absolute atomic E-state index is 0.152. The predicted octanol–water partition coefficient (Wildman–Crippen LogP) is 2.36. The smallest absolute Gasteiger partial charge is 0.243 e. The molecule has 0 amide bonds. The lowest BCUT2D eigenvalue weighted by atomic mass is 10.1. The molecule has 1 aliphatic heterocycles. The molecule has 5 heteroatoms. The van der Waals surface area contributed by atoms with Crippen molar-refractivity contribution in [1.29, 1.82) is 0 Å². The first-order valence-corrected chi connectivity index (χ1v) is 6.70. The third kappa shape index (κ3) is 2.90. The van der Waals surface area contributed by atoms with Crippen LogP contribution >= 0.6 is 0 Å². The Labute approximate surface area is 108 Å². The van der Waals surface area contributed by atoms with Gasteiger partial charge >= 0.3 is 0 Å². The van der Waals surface area contributed by atoms with Crippen LogP contribution in [0.2, 0.25) is 0 Å². The minimum Gasteiger partial charge on any atom is -0.373 e. The summed E-state index contributed by atoms with van der Waals surface area (Å²) < 4.78 is 11.1. The Morgan fingerprint density at radius 2 is 1.78 bits per heavy atom. The highest BCUT2D eigenvalue weighted by atomic mass is 16.5. The molecule has 1 aromatic rings. The van der Waals surface area contributed by atoms with Crippen LogP contribution in [0.3, 0.4) is 0 Å². The molecule has 18 heavy (non-hydrogen) atoms. The van der Waals surface area contributed by atoms with Gasteiger partial charge in [0.2, 0.25) is 5.89 Å². The quantitative estimate of drug-likeness (QED) is 0.827. The molecular weight excluding hydrogens is 230 g/mol. The summed E-state index contributed by atoms with van der Waals surface area (Å²) in [4.78, 5) is 6.82. The van der Waals surface area contributed by atoms with Gasteiger partial charge in [0.05, 0.1) is 18.2 Å². The number of ether oxygens (including phenoxy) is 1. The molecule has 2 heterocycles. The van der Waals surface area contributed by atoms with Gasteiger partial charge in [-0.2, -0.15) is 4.98 Å². The SMILES string of the molecule is CC(C)c1noc([C@H](C)N2C[C@@H](C)O[C@@H](C)C2)n1. The lowest BCUT2D eigenvalue weighted by Crippen LogP contribution is -2.46. The van der Waals surface area contributed by atoms with Gasteiger partial charge in [-0.25, -0.2) is 0 Å². The summed E-state index contributed by atoms with van der Waals surface area (Å²) in [5, 5.41) is 4.03. The molecule has 0 bridgehead atoms. The van der Waals surface area contributed by atoms with Crippen LogP contribution in [0.5, 0.6) is 0 Å². The number of hydrogen-bond donors (Lipinski definition) is 0. The second-order valence-corrected chi connectivity index (χ2v) is 5.53. The van der Waals surface area contributed by atoms with Crippen molar-refractivity contribution in [3.63, 3.8) is 0 Å². The fraction of sp³-hybridized carbons (Fsp3) is 0.846. The highest BCUT2D eigenvalue weighted by molar-refractivity contribution is 4.96. The minimum atomic E-state index is 0.152. The largest absolute Gasteiger partial charge is 0.373 e. The van der Waals surface area contributed by atoms with Gasteiger partial charge in [0, 0.05) is 19.0 Å². The van der Waals surface area contributed by atoms with Gasteiger partial charge in [0.15, 0.2) is 5.82 Å². The highest BCUT2D eigenvalue weighted by Crippen LogP contribution is 2.24. The Bertz CT molecular complexity index is 381. The van der Waals surface area contributed by atoms with Crippen molar-refractivity contribution in [2.24, 2.45) is 0 Å². The average Bonchev–Trinajstić information content (AvgIpc) is 2.75. The van der Waals surface area contributed by atoms with Crippen LogP contribution in [0.25, 0.3) is 0 Å². The molecule has 0 aliphatic carbocycles. The maximum atomic E-state index is 5.74. The van der Waals surface area contributed by atoms with E-state index in [4.69, 9.17) is 9.26 Å². The van der Waals surface area contributed by atoms with Crippen LogP contribution in [0.15, 0.2) is 4.52 Å². The Morgan fingerprint density at radius 1 is 1.17 bits per heavy atom. The molecule has 3 atom stereocenters. The predicted molar refractivity (Wildman–Crippen MR) is 68.4 cm³/mol. The van der Waals surface area contributed by atoms with Crippen LogP contribution < -0.4 is 0 Å². The second-order valence-electron chi connectivity index (χ2n) is 5.53. The zero-order valence-corrected chi connectivity index (χ0v) is 11.9. The number of aromatic nitrogens is 2.